The first kappa shape index (κ1) is 7.42. The van der Waals surface area contributed by atoms with E-state index in [0.717, 1.165) is 13.1 Å². The summed E-state index contributed by atoms with van der Waals surface area (Å²) >= 11 is 0. The zero-order valence-electron chi connectivity index (χ0n) is 6.71. The SMILES string of the molecule is NC(=O)N1CC=C2NNCC2C1. The van der Waals surface area contributed by atoms with E-state index in [1.807, 2.05) is 6.08 Å². The molecule has 1 saturated heterocycles. The molecule has 0 aromatic heterocycles. The molecule has 0 spiro atoms. The Balaban J connectivity index is 2.08. The molecule has 2 amide bonds. The molecule has 2 heterocycles. The van der Waals surface area contributed by atoms with Crippen LogP contribution in [0.5, 0.6) is 0 Å². The molecule has 5 nitrogen and oxygen atoms in total. The monoisotopic (exact) mass is 168 g/mol. The molecule has 0 aromatic carbocycles. The summed E-state index contributed by atoms with van der Waals surface area (Å²) in [6.07, 6.45) is 2.00. The van der Waals surface area contributed by atoms with Gasteiger partial charge in [-0.1, -0.05) is 0 Å². The number of rotatable bonds is 0. The van der Waals surface area contributed by atoms with Crippen LogP contribution in [0.2, 0.25) is 0 Å². The van der Waals surface area contributed by atoms with Gasteiger partial charge in [0, 0.05) is 31.2 Å². The van der Waals surface area contributed by atoms with E-state index >= 15 is 0 Å². The second kappa shape index (κ2) is 2.67. The van der Waals surface area contributed by atoms with Gasteiger partial charge in [-0.05, 0) is 6.08 Å². The fourth-order valence-corrected chi connectivity index (χ4v) is 1.60. The summed E-state index contributed by atoms with van der Waals surface area (Å²) in [7, 11) is 0. The summed E-state index contributed by atoms with van der Waals surface area (Å²) in [5.74, 6) is 0.395. The standard InChI is InChI=1S/C7H12N4O/c8-7(12)11-2-1-6-5(4-11)3-9-10-6/h1,5,9-10H,2-4H2,(H2,8,12). The van der Waals surface area contributed by atoms with Gasteiger partial charge in [-0.3, -0.25) is 0 Å². The smallest absolute Gasteiger partial charge is 0.315 e. The summed E-state index contributed by atoms with van der Waals surface area (Å²) in [6, 6.07) is -0.336. The topological polar surface area (TPSA) is 70.4 Å². The molecule has 2 aliphatic rings. The Morgan fingerprint density at radius 3 is 3.33 bits per heavy atom. The lowest BCUT2D eigenvalue weighted by molar-refractivity contribution is 0.204. The van der Waals surface area contributed by atoms with Crippen LogP contribution < -0.4 is 16.6 Å². The van der Waals surface area contributed by atoms with Crippen LogP contribution in [0.25, 0.3) is 0 Å². The van der Waals surface area contributed by atoms with Crippen molar-refractivity contribution in [3.05, 3.63) is 11.8 Å². The van der Waals surface area contributed by atoms with Crippen LogP contribution in [-0.4, -0.2) is 30.6 Å². The minimum atomic E-state index is -0.336. The third-order valence-electron chi connectivity index (χ3n) is 2.31. The first-order valence-electron chi connectivity index (χ1n) is 4.00. The zero-order chi connectivity index (χ0) is 8.55. The number of hydrazine groups is 1. The Hall–Kier alpha value is -1.23. The first-order chi connectivity index (χ1) is 5.77. The maximum Gasteiger partial charge on any atom is 0.315 e. The molecule has 2 rings (SSSR count). The lowest BCUT2D eigenvalue weighted by Gasteiger charge is -2.26. The summed E-state index contributed by atoms with van der Waals surface area (Å²) in [4.78, 5) is 12.5. The number of nitrogens with zero attached hydrogens (tertiary/aromatic N) is 1. The summed E-state index contributed by atoms with van der Waals surface area (Å²) in [5.41, 5.74) is 12.4. The zero-order valence-corrected chi connectivity index (χ0v) is 6.71. The molecule has 0 radical (unpaired) electrons. The molecule has 0 aromatic rings. The maximum atomic E-state index is 10.8. The predicted octanol–water partition coefficient (Wildman–Crippen LogP) is -1.01. The first-order valence-corrected chi connectivity index (χ1v) is 4.00. The van der Waals surface area contributed by atoms with Gasteiger partial charge in [0.05, 0.1) is 0 Å². The van der Waals surface area contributed by atoms with Crippen LogP contribution in [0.1, 0.15) is 0 Å². The minimum absolute atomic E-state index is 0.336. The molecule has 1 atom stereocenters. The highest BCUT2D eigenvalue weighted by atomic mass is 16.2. The predicted molar refractivity (Wildman–Crippen MR) is 43.9 cm³/mol. The van der Waals surface area contributed by atoms with Gasteiger partial charge < -0.3 is 16.1 Å². The van der Waals surface area contributed by atoms with E-state index in [9.17, 15) is 4.79 Å². The molecular weight excluding hydrogens is 156 g/mol. The lowest BCUT2D eigenvalue weighted by Crippen LogP contribution is -2.42. The van der Waals surface area contributed by atoms with Gasteiger partial charge in [0.25, 0.3) is 0 Å². The number of carbonyl (C=O) groups excluding carboxylic acids is 1. The van der Waals surface area contributed by atoms with Gasteiger partial charge in [-0.25, -0.2) is 10.2 Å². The number of nitrogens with one attached hydrogen (secondary N) is 2. The van der Waals surface area contributed by atoms with Crippen molar-refractivity contribution < 1.29 is 4.79 Å². The van der Waals surface area contributed by atoms with Gasteiger partial charge in [-0.15, -0.1) is 0 Å². The Kier molecular flexibility index (Phi) is 1.65. The number of hydrogen-bond donors (Lipinski definition) is 3. The minimum Gasteiger partial charge on any atom is -0.351 e. The van der Waals surface area contributed by atoms with Crippen molar-refractivity contribution in [1.29, 1.82) is 0 Å². The molecule has 5 heteroatoms. The number of urea groups is 1. The van der Waals surface area contributed by atoms with E-state index in [0.29, 0.717) is 12.5 Å². The average Bonchev–Trinajstić information content (AvgIpc) is 2.49. The largest absolute Gasteiger partial charge is 0.351 e. The quantitative estimate of drug-likeness (QED) is 0.434. The third-order valence-corrected chi connectivity index (χ3v) is 2.31. The highest BCUT2D eigenvalue weighted by molar-refractivity contribution is 5.72. The number of hydrogen-bond acceptors (Lipinski definition) is 3. The van der Waals surface area contributed by atoms with Crippen molar-refractivity contribution in [2.75, 3.05) is 19.6 Å². The second-order valence-corrected chi connectivity index (χ2v) is 3.11. The third kappa shape index (κ3) is 1.12. The highest BCUT2D eigenvalue weighted by Gasteiger charge is 2.27. The molecule has 12 heavy (non-hydrogen) atoms. The molecule has 66 valence electrons. The van der Waals surface area contributed by atoms with Crippen molar-refractivity contribution in [3.8, 4) is 0 Å². The molecule has 1 fully saturated rings. The van der Waals surface area contributed by atoms with Gasteiger partial charge in [0.2, 0.25) is 0 Å². The van der Waals surface area contributed by atoms with E-state index in [1.54, 1.807) is 4.90 Å². The lowest BCUT2D eigenvalue weighted by atomic mass is 10.0. The normalized spacial score (nSPS) is 27.5. The molecule has 4 N–H and O–H groups in total. The Morgan fingerprint density at radius 2 is 2.58 bits per heavy atom. The van der Waals surface area contributed by atoms with Crippen molar-refractivity contribution in [3.63, 3.8) is 0 Å². The van der Waals surface area contributed by atoms with Gasteiger partial charge in [0.15, 0.2) is 0 Å². The van der Waals surface area contributed by atoms with E-state index < -0.39 is 0 Å². The van der Waals surface area contributed by atoms with Crippen molar-refractivity contribution in [2.45, 2.75) is 0 Å². The van der Waals surface area contributed by atoms with Crippen molar-refractivity contribution >= 4 is 6.03 Å². The Morgan fingerprint density at radius 1 is 1.75 bits per heavy atom. The van der Waals surface area contributed by atoms with E-state index in [1.165, 1.54) is 5.70 Å². The van der Waals surface area contributed by atoms with Crippen molar-refractivity contribution in [2.24, 2.45) is 11.7 Å². The maximum absolute atomic E-state index is 10.8. The Labute approximate surface area is 70.6 Å². The van der Waals surface area contributed by atoms with Crippen molar-refractivity contribution in [1.82, 2.24) is 15.8 Å². The second-order valence-electron chi connectivity index (χ2n) is 3.11. The van der Waals surface area contributed by atoms with Crippen LogP contribution in [0.4, 0.5) is 4.79 Å². The molecule has 0 saturated carbocycles. The van der Waals surface area contributed by atoms with E-state index in [-0.39, 0.29) is 6.03 Å². The van der Waals surface area contributed by atoms with Crippen LogP contribution >= 0.6 is 0 Å². The fraction of sp³-hybridized carbons (Fsp3) is 0.571. The van der Waals surface area contributed by atoms with Gasteiger partial charge in [-0.2, -0.15) is 0 Å². The molecule has 2 aliphatic heterocycles. The number of primary amides is 1. The highest BCUT2D eigenvalue weighted by Crippen LogP contribution is 2.17. The number of fused-ring (bicyclic) bond motifs is 1. The fourth-order valence-electron chi connectivity index (χ4n) is 1.60. The number of carbonyl (C=O) groups is 1. The molecular formula is C7H12N4O. The van der Waals surface area contributed by atoms with Crippen LogP contribution in [0, 0.1) is 5.92 Å². The van der Waals surface area contributed by atoms with Gasteiger partial charge in [0.1, 0.15) is 0 Å². The summed E-state index contributed by atoms with van der Waals surface area (Å²) in [5, 5.41) is 0. The molecule has 1 unspecified atom stereocenters. The molecule has 0 bridgehead atoms. The van der Waals surface area contributed by atoms with E-state index in [4.69, 9.17) is 5.73 Å². The van der Waals surface area contributed by atoms with Crippen LogP contribution in [0.3, 0.4) is 0 Å². The van der Waals surface area contributed by atoms with Crippen LogP contribution in [0.15, 0.2) is 11.8 Å². The van der Waals surface area contributed by atoms with E-state index in [2.05, 4.69) is 10.9 Å². The summed E-state index contributed by atoms with van der Waals surface area (Å²) in [6.45, 7) is 2.21. The number of amides is 2. The number of nitrogens with two attached hydrogens (primary N) is 1. The van der Waals surface area contributed by atoms with Crippen LogP contribution in [-0.2, 0) is 0 Å². The molecule has 0 aliphatic carbocycles. The van der Waals surface area contributed by atoms with Gasteiger partial charge >= 0.3 is 6.03 Å². The Bertz CT molecular complexity index is 238. The summed E-state index contributed by atoms with van der Waals surface area (Å²) < 4.78 is 0. The average molecular weight is 168 g/mol.